The zero-order chi connectivity index (χ0) is 24.8. The zero-order valence-electron chi connectivity index (χ0n) is 21.3. The molecule has 1 N–H and O–H groups in total. The predicted octanol–water partition coefficient (Wildman–Crippen LogP) is 3.21. The lowest BCUT2D eigenvalue weighted by molar-refractivity contribution is -0.129. The second-order valence-electron chi connectivity index (χ2n) is 9.15. The van der Waals surface area contributed by atoms with Gasteiger partial charge in [0.25, 0.3) is 0 Å². The van der Waals surface area contributed by atoms with Crippen molar-refractivity contribution >= 4 is 22.6 Å². The molecule has 1 atom stereocenters. The Hall–Kier alpha value is -2.42. The van der Waals surface area contributed by atoms with Crippen LogP contribution in [0.2, 0.25) is 0 Å². The molecule has 3 rings (SSSR count). The Morgan fingerprint density at radius 1 is 1.12 bits per heavy atom. The second kappa shape index (κ2) is 11.8. The summed E-state index contributed by atoms with van der Waals surface area (Å²) in [6.45, 7) is 7.67. The quantitative estimate of drug-likeness (QED) is 0.559. The summed E-state index contributed by atoms with van der Waals surface area (Å²) in [6, 6.07) is 10.3. The zero-order valence-corrected chi connectivity index (χ0v) is 22.1. The summed E-state index contributed by atoms with van der Waals surface area (Å²) >= 11 is 0. The lowest BCUT2D eigenvalue weighted by Gasteiger charge is -2.25. The van der Waals surface area contributed by atoms with Crippen LogP contribution in [0.3, 0.4) is 0 Å². The van der Waals surface area contributed by atoms with Gasteiger partial charge in [0.05, 0.1) is 12.0 Å². The highest BCUT2D eigenvalue weighted by molar-refractivity contribution is 7.82. The third-order valence-corrected chi connectivity index (χ3v) is 8.12. The first-order valence-electron chi connectivity index (χ1n) is 11.8. The molecule has 0 saturated heterocycles. The fourth-order valence-electron chi connectivity index (χ4n) is 4.29. The number of benzene rings is 2. The Labute approximate surface area is 206 Å². The van der Waals surface area contributed by atoms with Gasteiger partial charge in [-0.1, -0.05) is 6.07 Å². The average Bonchev–Trinajstić information content (AvgIpc) is 2.81. The number of aryl methyl sites for hydroxylation is 2. The third kappa shape index (κ3) is 6.58. The van der Waals surface area contributed by atoms with Crippen molar-refractivity contribution in [1.82, 2.24) is 14.1 Å². The number of amides is 1. The highest BCUT2D eigenvalue weighted by Gasteiger charge is 2.19. The van der Waals surface area contributed by atoms with Crippen molar-refractivity contribution in [1.29, 1.82) is 0 Å². The summed E-state index contributed by atoms with van der Waals surface area (Å²) in [5.74, 6) is 0.799. The Morgan fingerprint density at radius 3 is 2.50 bits per heavy atom. The molecule has 2 aromatic carbocycles. The molecule has 1 aliphatic heterocycles. The molecular weight excluding hydrogens is 448 g/mol. The van der Waals surface area contributed by atoms with E-state index < -0.39 is 11.0 Å². The maximum absolute atomic E-state index is 13.1. The van der Waals surface area contributed by atoms with Crippen molar-refractivity contribution in [3.63, 3.8) is 0 Å². The number of methoxy groups -OCH3 is 1. The minimum atomic E-state index is -1.33. The van der Waals surface area contributed by atoms with Gasteiger partial charge in [-0.2, -0.15) is 0 Å². The van der Waals surface area contributed by atoms with E-state index in [1.54, 1.807) is 23.4 Å². The van der Waals surface area contributed by atoms with Gasteiger partial charge in [0.15, 0.2) is 0 Å². The van der Waals surface area contributed by atoms with Crippen LogP contribution in [0.5, 0.6) is 5.75 Å². The van der Waals surface area contributed by atoms with Crippen LogP contribution in [0.25, 0.3) is 0 Å². The number of ether oxygens (including phenoxy) is 1. The molecule has 1 amide bonds. The third-order valence-electron chi connectivity index (χ3n) is 6.38. The Morgan fingerprint density at radius 2 is 1.82 bits per heavy atom. The number of fused-ring (bicyclic) bond motifs is 1. The van der Waals surface area contributed by atoms with E-state index in [-0.39, 0.29) is 5.91 Å². The van der Waals surface area contributed by atoms with Crippen LogP contribution >= 0.6 is 0 Å². The fraction of sp³-hybridized carbons (Fsp3) is 0.500. The number of nitrogens with zero attached hydrogens (tertiary/aromatic N) is 3. The summed E-state index contributed by atoms with van der Waals surface area (Å²) in [4.78, 5) is 17.5. The predicted molar refractivity (Wildman–Crippen MR) is 139 cm³/mol. The molecule has 1 heterocycles. The Balaban J connectivity index is 1.46. The van der Waals surface area contributed by atoms with Crippen LogP contribution < -0.4 is 10.1 Å². The van der Waals surface area contributed by atoms with Crippen LogP contribution in [0, 0.1) is 13.8 Å². The maximum Gasteiger partial charge on any atom is 0.223 e. The van der Waals surface area contributed by atoms with Crippen LogP contribution in [-0.4, -0.2) is 78.7 Å². The van der Waals surface area contributed by atoms with E-state index in [1.165, 1.54) is 11.1 Å². The minimum Gasteiger partial charge on any atom is -0.497 e. The van der Waals surface area contributed by atoms with E-state index in [9.17, 15) is 9.00 Å². The van der Waals surface area contributed by atoms with Crippen molar-refractivity contribution in [3.05, 3.63) is 52.6 Å². The number of rotatable bonds is 10. The lowest BCUT2D eigenvalue weighted by atomic mass is 9.99. The van der Waals surface area contributed by atoms with Crippen molar-refractivity contribution < 1.29 is 13.7 Å². The smallest absolute Gasteiger partial charge is 0.223 e. The average molecular weight is 487 g/mol. The highest BCUT2D eigenvalue weighted by atomic mass is 32.2. The molecule has 7 nitrogen and oxygen atoms in total. The van der Waals surface area contributed by atoms with Crippen LogP contribution in [-0.2, 0) is 28.7 Å². The van der Waals surface area contributed by atoms with E-state index >= 15 is 0 Å². The molecule has 34 heavy (non-hydrogen) atoms. The van der Waals surface area contributed by atoms with Crippen LogP contribution in [0.4, 0.5) is 5.69 Å². The summed E-state index contributed by atoms with van der Waals surface area (Å²) in [7, 11) is 6.05. The Kier molecular flexibility index (Phi) is 9.10. The molecule has 1 aliphatic rings. The van der Waals surface area contributed by atoms with Gasteiger partial charge in [0.1, 0.15) is 16.7 Å². The summed E-state index contributed by atoms with van der Waals surface area (Å²) in [6.07, 6.45) is 1.42. The molecule has 0 radical (unpaired) electrons. The van der Waals surface area contributed by atoms with E-state index in [4.69, 9.17) is 4.74 Å². The molecule has 0 spiro atoms. The summed E-state index contributed by atoms with van der Waals surface area (Å²) in [5.41, 5.74) is 5.74. The van der Waals surface area contributed by atoms with E-state index in [0.717, 1.165) is 47.0 Å². The first-order chi connectivity index (χ1) is 16.2. The number of carbonyl (C=O) groups excluding carboxylic acids is 1. The summed E-state index contributed by atoms with van der Waals surface area (Å²) in [5, 5.41) is 3.44. The molecule has 186 valence electrons. The largest absolute Gasteiger partial charge is 0.497 e. The van der Waals surface area contributed by atoms with Gasteiger partial charge in [-0.25, -0.2) is 8.51 Å². The first-order valence-corrected chi connectivity index (χ1v) is 12.9. The van der Waals surface area contributed by atoms with E-state index in [0.29, 0.717) is 26.1 Å². The van der Waals surface area contributed by atoms with Gasteiger partial charge < -0.3 is 19.9 Å². The van der Waals surface area contributed by atoms with Crippen molar-refractivity contribution in [2.75, 3.05) is 59.7 Å². The summed E-state index contributed by atoms with van der Waals surface area (Å²) < 4.78 is 20.1. The standard InChI is InChI=1S/C26H38N4O3S/c1-19-15-24(33-6)16-20(2)26(19)34(32)30(5)13-10-25(31)29(4)14-11-27-23-8-7-21-9-12-28(3)18-22(21)17-23/h7-8,15-17,27H,9-14,18H2,1-6H3. The van der Waals surface area contributed by atoms with Gasteiger partial charge in [-0.3, -0.25) is 4.79 Å². The molecule has 0 bridgehead atoms. The number of hydrogen-bond acceptors (Lipinski definition) is 5. The molecule has 0 saturated carbocycles. The number of hydrogen-bond donors (Lipinski definition) is 1. The van der Waals surface area contributed by atoms with Crippen molar-refractivity contribution in [3.8, 4) is 5.75 Å². The fourth-order valence-corrected chi connectivity index (χ4v) is 5.52. The minimum absolute atomic E-state index is 0.0425. The SMILES string of the molecule is COc1cc(C)c(S(=O)N(C)CCC(=O)N(C)CCNc2ccc3c(c2)CN(C)CC3)c(C)c1. The lowest BCUT2D eigenvalue weighted by Crippen LogP contribution is -2.34. The molecule has 1 unspecified atom stereocenters. The van der Waals surface area contributed by atoms with E-state index in [2.05, 4.69) is 35.5 Å². The van der Waals surface area contributed by atoms with Gasteiger partial charge in [0, 0.05) is 58.9 Å². The van der Waals surface area contributed by atoms with Gasteiger partial charge >= 0.3 is 0 Å². The van der Waals surface area contributed by atoms with Gasteiger partial charge in [0.2, 0.25) is 5.91 Å². The normalized spacial score (nSPS) is 14.6. The molecule has 0 fully saturated rings. The molecule has 2 aromatic rings. The Bertz CT molecular complexity index is 1020. The second-order valence-corrected chi connectivity index (χ2v) is 10.7. The monoisotopic (exact) mass is 486 g/mol. The number of nitrogens with one attached hydrogen (secondary N) is 1. The van der Waals surface area contributed by atoms with Crippen LogP contribution in [0.15, 0.2) is 35.2 Å². The van der Waals surface area contributed by atoms with Gasteiger partial charge in [-0.15, -0.1) is 0 Å². The highest BCUT2D eigenvalue weighted by Crippen LogP contribution is 2.26. The van der Waals surface area contributed by atoms with E-state index in [1.807, 2.05) is 33.0 Å². The van der Waals surface area contributed by atoms with Gasteiger partial charge in [-0.05, 0) is 73.8 Å². The molecular formula is C26H38N4O3S. The first kappa shape index (κ1) is 26.2. The number of likely N-dealkylation sites (N-methyl/N-ethyl adjacent to an activating group) is 2. The number of carbonyl (C=O) groups is 1. The topological polar surface area (TPSA) is 65.1 Å². The number of anilines is 1. The van der Waals surface area contributed by atoms with Crippen LogP contribution in [0.1, 0.15) is 28.7 Å². The maximum atomic E-state index is 13.1. The van der Waals surface area contributed by atoms with Crippen molar-refractivity contribution in [2.45, 2.75) is 38.1 Å². The van der Waals surface area contributed by atoms with Crippen molar-refractivity contribution in [2.24, 2.45) is 0 Å². The molecule has 0 aliphatic carbocycles. The molecule has 8 heteroatoms. The molecule has 0 aromatic heterocycles.